The highest BCUT2D eigenvalue weighted by atomic mass is 16.5. The average Bonchev–Trinajstić information content (AvgIpc) is 2.43. The summed E-state index contributed by atoms with van der Waals surface area (Å²) >= 11 is 0. The van der Waals surface area contributed by atoms with Gasteiger partial charge in [-0.2, -0.15) is 0 Å². The van der Waals surface area contributed by atoms with Gasteiger partial charge in [-0.25, -0.2) is 0 Å². The Balaban J connectivity index is 2.60. The van der Waals surface area contributed by atoms with Crippen LogP contribution in [0.5, 0.6) is 0 Å². The van der Waals surface area contributed by atoms with Crippen LogP contribution in [0.1, 0.15) is 40.5 Å². The molecule has 1 heterocycles. The van der Waals surface area contributed by atoms with Gasteiger partial charge in [-0.1, -0.05) is 34.1 Å². The monoisotopic (exact) mass is 329 g/mol. The van der Waals surface area contributed by atoms with E-state index < -0.39 is 23.6 Å². The maximum absolute atomic E-state index is 12.1. The summed E-state index contributed by atoms with van der Waals surface area (Å²) in [7, 11) is 0. The van der Waals surface area contributed by atoms with Crippen LogP contribution in [0.2, 0.25) is 0 Å². The largest absolute Gasteiger partial charge is 0.480 e. The second-order valence-electron chi connectivity index (χ2n) is 7.07. The molecule has 1 saturated heterocycles. The van der Waals surface area contributed by atoms with E-state index in [2.05, 4.69) is 10.6 Å². The molecule has 7 heteroatoms. The van der Waals surface area contributed by atoms with Crippen molar-refractivity contribution in [2.24, 2.45) is 17.6 Å². The predicted octanol–water partition coefficient (Wildman–Crippen LogP) is 0.334. The Bertz CT molecular complexity index is 410. The van der Waals surface area contributed by atoms with Gasteiger partial charge in [-0.3, -0.25) is 14.9 Å². The van der Waals surface area contributed by atoms with Gasteiger partial charge >= 0.3 is 5.97 Å². The Morgan fingerprint density at radius 2 is 1.91 bits per heavy atom. The minimum absolute atomic E-state index is 0.0103. The minimum atomic E-state index is -0.881. The minimum Gasteiger partial charge on any atom is -0.480 e. The summed E-state index contributed by atoms with van der Waals surface area (Å²) in [4.78, 5) is 23.5. The zero-order valence-electron chi connectivity index (χ0n) is 14.6. The van der Waals surface area contributed by atoms with Gasteiger partial charge in [0.05, 0.1) is 24.8 Å². The van der Waals surface area contributed by atoms with Crippen LogP contribution in [0.3, 0.4) is 0 Å². The fraction of sp³-hybridized carbons (Fsp3) is 0.875. The number of carbonyl (C=O) groups excluding carboxylic acids is 1. The third-order valence-corrected chi connectivity index (χ3v) is 4.36. The second kappa shape index (κ2) is 8.61. The first-order chi connectivity index (χ1) is 10.7. The Hall–Kier alpha value is -1.18. The molecule has 0 bridgehead atoms. The molecule has 0 aliphatic carbocycles. The van der Waals surface area contributed by atoms with Crippen LogP contribution in [0.4, 0.5) is 0 Å². The van der Waals surface area contributed by atoms with Crippen molar-refractivity contribution in [3.05, 3.63) is 0 Å². The van der Waals surface area contributed by atoms with Crippen LogP contribution in [0, 0.1) is 11.8 Å². The number of aliphatic carboxylic acids is 1. The molecule has 0 aromatic rings. The van der Waals surface area contributed by atoms with E-state index in [-0.39, 0.29) is 11.8 Å². The van der Waals surface area contributed by atoms with Crippen molar-refractivity contribution in [3.63, 3.8) is 0 Å². The molecule has 0 aromatic carbocycles. The van der Waals surface area contributed by atoms with Gasteiger partial charge in [0.15, 0.2) is 0 Å². The molecular formula is C16H31N3O4. The number of nitrogens with one attached hydrogen (secondary N) is 2. The maximum Gasteiger partial charge on any atom is 0.320 e. The number of carboxylic acids is 1. The van der Waals surface area contributed by atoms with E-state index in [0.717, 1.165) is 6.42 Å². The molecule has 0 unspecified atom stereocenters. The fourth-order valence-corrected chi connectivity index (χ4v) is 2.60. The van der Waals surface area contributed by atoms with Gasteiger partial charge in [-0.05, 0) is 18.3 Å². The first-order valence-corrected chi connectivity index (χ1v) is 8.32. The lowest BCUT2D eigenvalue weighted by Gasteiger charge is -2.45. The number of rotatable bonds is 10. The van der Waals surface area contributed by atoms with Crippen molar-refractivity contribution < 1.29 is 19.4 Å². The zero-order valence-corrected chi connectivity index (χ0v) is 14.6. The molecular weight excluding hydrogens is 298 g/mol. The molecule has 134 valence electrons. The average molecular weight is 329 g/mol. The lowest BCUT2D eigenvalue weighted by molar-refractivity contribution is -0.145. The number of carboxylic acid groups (broad SMARTS) is 1. The highest BCUT2D eigenvalue weighted by Crippen LogP contribution is 2.20. The normalized spacial score (nSPS) is 20.4. The lowest BCUT2D eigenvalue weighted by Crippen LogP contribution is -2.70. The smallest absolute Gasteiger partial charge is 0.320 e. The molecule has 1 rings (SSSR count). The second-order valence-corrected chi connectivity index (χ2v) is 7.07. The highest BCUT2D eigenvalue weighted by Gasteiger charge is 2.43. The Labute approximate surface area is 138 Å². The SMILES string of the molecule is CC[C@H](C)[C@H](NC1(CNC(=O)[C@@H](N)CC(C)C)COC1)C(=O)O. The summed E-state index contributed by atoms with van der Waals surface area (Å²) in [6.45, 7) is 8.96. The van der Waals surface area contributed by atoms with E-state index in [1.807, 2.05) is 27.7 Å². The van der Waals surface area contributed by atoms with Crippen LogP contribution in [-0.2, 0) is 14.3 Å². The van der Waals surface area contributed by atoms with Gasteiger partial charge in [0.1, 0.15) is 6.04 Å². The summed E-state index contributed by atoms with van der Waals surface area (Å²) < 4.78 is 5.25. The molecule has 0 aromatic heterocycles. The molecule has 1 amide bonds. The summed E-state index contributed by atoms with van der Waals surface area (Å²) in [6.07, 6.45) is 1.37. The standard InChI is InChI=1S/C16H31N3O4/c1-5-11(4)13(15(21)22)19-16(8-23-9-16)7-18-14(20)12(17)6-10(2)3/h10-13,19H,5-9,17H2,1-4H3,(H,18,20)(H,21,22)/t11-,12-,13-/m0/s1. The molecule has 7 nitrogen and oxygen atoms in total. The summed E-state index contributed by atoms with van der Waals surface area (Å²) in [5, 5.41) is 15.4. The highest BCUT2D eigenvalue weighted by molar-refractivity contribution is 5.81. The number of amides is 1. The maximum atomic E-state index is 12.1. The summed E-state index contributed by atoms with van der Waals surface area (Å²) in [5.41, 5.74) is 5.34. The van der Waals surface area contributed by atoms with Gasteiger partial charge in [0.25, 0.3) is 0 Å². The zero-order chi connectivity index (χ0) is 17.6. The fourth-order valence-electron chi connectivity index (χ4n) is 2.60. The van der Waals surface area contributed by atoms with Gasteiger partial charge in [0.2, 0.25) is 5.91 Å². The molecule has 1 aliphatic rings. The molecule has 0 radical (unpaired) electrons. The van der Waals surface area contributed by atoms with Crippen molar-refractivity contribution in [2.45, 2.75) is 58.2 Å². The van der Waals surface area contributed by atoms with Crippen LogP contribution in [0.25, 0.3) is 0 Å². The van der Waals surface area contributed by atoms with E-state index in [9.17, 15) is 14.7 Å². The topological polar surface area (TPSA) is 114 Å². The predicted molar refractivity (Wildman–Crippen MR) is 88.0 cm³/mol. The van der Waals surface area contributed by atoms with Gasteiger partial charge < -0.3 is 20.9 Å². The molecule has 3 atom stereocenters. The first-order valence-electron chi connectivity index (χ1n) is 8.32. The van der Waals surface area contributed by atoms with Crippen LogP contribution in [0.15, 0.2) is 0 Å². The lowest BCUT2D eigenvalue weighted by atomic mass is 9.91. The van der Waals surface area contributed by atoms with Crippen LogP contribution < -0.4 is 16.4 Å². The molecule has 0 saturated carbocycles. The quantitative estimate of drug-likeness (QED) is 0.459. The summed E-state index contributed by atoms with van der Waals surface area (Å²) in [6, 6.07) is -1.21. The van der Waals surface area contributed by atoms with Crippen molar-refractivity contribution >= 4 is 11.9 Å². The first kappa shape index (κ1) is 19.9. The van der Waals surface area contributed by atoms with Crippen molar-refractivity contribution in [2.75, 3.05) is 19.8 Å². The number of nitrogens with two attached hydrogens (primary N) is 1. The van der Waals surface area contributed by atoms with E-state index in [1.54, 1.807) is 0 Å². The molecule has 5 N–H and O–H groups in total. The van der Waals surface area contributed by atoms with E-state index in [4.69, 9.17) is 10.5 Å². The van der Waals surface area contributed by atoms with Crippen molar-refractivity contribution in [3.8, 4) is 0 Å². The molecule has 23 heavy (non-hydrogen) atoms. The third kappa shape index (κ3) is 5.75. The Kier molecular flexibility index (Phi) is 7.44. The van der Waals surface area contributed by atoms with Crippen molar-refractivity contribution in [1.82, 2.24) is 10.6 Å². The number of hydrogen-bond donors (Lipinski definition) is 4. The number of carbonyl (C=O) groups is 2. The molecule has 0 spiro atoms. The molecule has 1 aliphatic heterocycles. The number of ether oxygens (including phenoxy) is 1. The van der Waals surface area contributed by atoms with E-state index in [1.165, 1.54) is 0 Å². The van der Waals surface area contributed by atoms with Crippen molar-refractivity contribution in [1.29, 1.82) is 0 Å². The van der Waals surface area contributed by atoms with E-state index in [0.29, 0.717) is 32.1 Å². The van der Waals surface area contributed by atoms with E-state index >= 15 is 0 Å². The Morgan fingerprint density at radius 3 is 2.30 bits per heavy atom. The molecule has 1 fully saturated rings. The van der Waals surface area contributed by atoms with Gasteiger partial charge in [0, 0.05) is 6.54 Å². The van der Waals surface area contributed by atoms with Crippen LogP contribution >= 0.6 is 0 Å². The van der Waals surface area contributed by atoms with Crippen LogP contribution in [-0.4, -0.2) is 54.4 Å². The van der Waals surface area contributed by atoms with Gasteiger partial charge in [-0.15, -0.1) is 0 Å². The Morgan fingerprint density at radius 1 is 1.30 bits per heavy atom. The number of hydrogen-bond acceptors (Lipinski definition) is 5. The summed E-state index contributed by atoms with van der Waals surface area (Å²) in [5.74, 6) is -0.754. The third-order valence-electron chi connectivity index (χ3n) is 4.36.